The number of hydrogen-bond acceptors (Lipinski definition) is 6. The van der Waals surface area contributed by atoms with Crippen molar-refractivity contribution in [2.75, 3.05) is 33.0 Å². The van der Waals surface area contributed by atoms with E-state index >= 15 is 0 Å². The van der Waals surface area contributed by atoms with Crippen LogP contribution >= 0.6 is 0 Å². The van der Waals surface area contributed by atoms with Crippen LogP contribution in [0.25, 0.3) is 11.5 Å². The highest BCUT2D eigenvalue weighted by Gasteiger charge is 2.13. The maximum absolute atomic E-state index is 8.82. The zero-order chi connectivity index (χ0) is 21.9. The first-order valence-electron chi connectivity index (χ1n) is 10.8. The van der Waals surface area contributed by atoms with Crippen molar-refractivity contribution >= 4 is 0 Å². The second kappa shape index (κ2) is 12.2. The normalized spacial score (nSPS) is 12.1. The largest absolute Gasteiger partial charge is 0.493 e. The molecule has 6 nitrogen and oxygen atoms in total. The van der Waals surface area contributed by atoms with Crippen LogP contribution in [-0.2, 0) is 15.9 Å². The van der Waals surface area contributed by atoms with Gasteiger partial charge in [0.25, 0.3) is 0 Å². The number of hydrogen-bond donors (Lipinski definition) is 1. The van der Waals surface area contributed by atoms with Crippen LogP contribution in [-0.4, -0.2) is 43.1 Å². The molecule has 6 heteroatoms. The Morgan fingerprint density at radius 2 is 1.77 bits per heavy atom. The van der Waals surface area contributed by atoms with Crippen LogP contribution in [0, 0.1) is 6.92 Å². The highest BCUT2D eigenvalue weighted by atomic mass is 16.5. The smallest absolute Gasteiger partial charge is 0.226 e. The van der Waals surface area contributed by atoms with Crippen LogP contribution < -0.4 is 4.74 Å². The summed E-state index contributed by atoms with van der Waals surface area (Å²) in [5.41, 5.74) is 2.97. The lowest BCUT2D eigenvalue weighted by Crippen LogP contribution is -2.10. The molecule has 1 unspecified atom stereocenters. The van der Waals surface area contributed by atoms with Gasteiger partial charge in [-0.1, -0.05) is 30.3 Å². The molecule has 0 fully saturated rings. The number of ether oxygens (including phenoxy) is 3. The Labute approximate surface area is 183 Å². The molecule has 0 saturated heterocycles. The SMILES string of the molecule is CCOC(CCOCCO)c1ccc(OCCc2nc(-c3ccccc3)oc2C)cc1. The van der Waals surface area contributed by atoms with Crippen LogP contribution in [0.1, 0.15) is 36.5 Å². The minimum absolute atomic E-state index is 0.0345. The summed E-state index contributed by atoms with van der Waals surface area (Å²) in [4.78, 5) is 4.62. The van der Waals surface area contributed by atoms with Crippen molar-refractivity contribution in [2.24, 2.45) is 0 Å². The average Bonchev–Trinajstić information content (AvgIpc) is 3.17. The van der Waals surface area contributed by atoms with Crippen molar-refractivity contribution < 1.29 is 23.7 Å². The van der Waals surface area contributed by atoms with Crippen LogP contribution in [0.15, 0.2) is 59.0 Å². The number of aliphatic hydroxyl groups is 1. The third kappa shape index (κ3) is 6.92. The second-order valence-electron chi connectivity index (χ2n) is 7.12. The third-order valence-electron chi connectivity index (χ3n) is 4.90. The Hall–Kier alpha value is -2.67. The summed E-state index contributed by atoms with van der Waals surface area (Å²) in [6.07, 6.45) is 1.38. The predicted octanol–water partition coefficient (Wildman–Crippen LogP) is 4.75. The summed E-state index contributed by atoms with van der Waals surface area (Å²) in [6, 6.07) is 17.9. The van der Waals surface area contributed by atoms with Crippen molar-refractivity contribution in [2.45, 2.75) is 32.8 Å². The van der Waals surface area contributed by atoms with E-state index in [4.69, 9.17) is 23.7 Å². The van der Waals surface area contributed by atoms with Crippen molar-refractivity contribution in [3.05, 3.63) is 71.6 Å². The molecule has 0 aliphatic heterocycles. The molecule has 1 heterocycles. The molecular weight excluding hydrogens is 394 g/mol. The molecule has 1 N–H and O–H groups in total. The van der Waals surface area contributed by atoms with E-state index in [1.165, 1.54) is 0 Å². The fourth-order valence-corrected chi connectivity index (χ4v) is 3.31. The fraction of sp³-hybridized carbons (Fsp3) is 0.400. The third-order valence-corrected chi connectivity index (χ3v) is 4.90. The second-order valence-corrected chi connectivity index (χ2v) is 7.12. The number of nitrogens with zero attached hydrogens (tertiary/aromatic N) is 1. The average molecular weight is 426 g/mol. The molecule has 0 aliphatic carbocycles. The number of rotatable bonds is 13. The van der Waals surface area contributed by atoms with Gasteiger partial charge in [0.15, 0.2) is 0 Å². The van der Waals surface area contributed by atoms with Gasteiger partial charge >= 0.3 is 0 Å². The molecule has 0 spiro atoms. The monoisotopic (exact) mass is 425 g/mol. The fourth-order valence-electron chi connectivity index (χ4n) is 3.31. The van der Waals surface area contributed by atoms with Crippen LogP contribution in [0.5, 0.6) is 5.75 Å². The lowest BCUT2D eigenvalue weighted by atomic mass is 10.1. The van der Waals surface area contributed by atoms with E-state index in [9.17, 15) is 0 Å². The molecule has 0 aliphatic rings. The van der Waals surface area contributed by atoms with Crippen molar-refractivity contribution in [3.8, 4) is 17.2 Å². The highest BCUT2D eigenvalue weighted by molar-refractivity contribution is 5.53. The van der Waals surface area contributed by atoms with Gasteiger partial charge in [-0.05, 0) is 43.7 Å². The van der Waals surface area contributed by atoms with Gasteiger partial charge in [-0.15, -0.1) is 0 Å². The van der Waals surface area contributed by atoms with E-state index < -0.39 is 0 Å². The summed E-state index contributed by atoms with van der Waals surface area (Å²) >= 11 is 0. The number of benzene rings is 2. The first kappa shape index (κ1) is 23.0. The molecule has 31 heavy (non-hydrogen) atoms. The standard InChI is InChI=1S/C25H31NO5/c1-3-29-24(14-16-28-18-15-27)20-9-11-22(12-10-20)30-17-13-23-19(2)31-25(26-23)21-7-5-4-6-8-21/h4-12,24,27H,3,13-18H2,1-2H3. The molecule has 0 radical (unpaired) electrons. The Morgan fingerprint density at radius 3 is 2.48 bits per heavy atom. The number of aryl methyl sites for hydroxylation is 1. The zero-order valence-electron chi connectivity index (χ0n) is 18.3. The number of oxazole rings is 1. The molecule has 1 aromatic heterocycles. The van der Waals surface area contributed by atoms with Crippen molar-refractivity contribution in [3.63, 3.8) is 0 Å². The minimum Gasteiger partial charge on any atom is -0.493 e. The highest BCUT2D eigenvalue weighted by Crippen LogP contribution is 2.25. The molecule has 166 valence electrons. The number of aliphatic hydroxyl groups excluding tert-OH is 1. The minimum atomic E-state index is -0.0352. The van der Waals surface area contributed by atoms with Crippen molar-refractivity contribution in [1.82, 2.24) is 4.98 Å². The van der Waals surface area contributed by atoms with E-state index in [2.05, 4.69) is 4.98 Å². The number of aromatic nitrogens is 1. The quantitative estimate of drug-likeness (QED) is 0.399. The van der Waals surface area contributed by atoms with Gasteiger partial charge in [0.1, 0.15) is 11.5 Å². The first-order valence-corrected chi connectivity index (χ1v) is 10.8. The zero-order valence-corrected chi connectivity index (χ0v) is 18.3. The van der Waals surface area contributed by atoms with E-state index in [0.29, 0.717) is 38.7 Å². The molecular formula is C25H31NO5. The van der Waals surface area contributed by atoms with Gasteiger partial charge in [-0.3, -0.25) is 0 Å². The van der Waals surface area contributed by atoms with Gasteiger partial charge in [0.2, 0.25) is 5.89 Å². The van der Waals surface area contributed by atoms with Crippen LogP contribution in [0.2, 0.25) is 0 Å². The topological polar surface area (TPSA) is 74.0 Å². The van der Waals surface area contributed by atoms with Gasteiger partial charge < -0.3 is 23.7 Å². The maximum Gasteiger partial charge on any atom is 0.226 e. The van der Waals surface area contributed by atoms with Gasteiger partial charge in [-0.25, -0.2) is 4.98 Å². The summed E-state index contributed by atoms with van der Waals surface area (Å²) in [5, 5.41) is 8.82. The van der Waals surface area contributed by atoms with Crippen LogP contribution in [0.3, 0.4) is 0 Å². The lowest BCUT2D eigenvalue weighted by molar-refractivity contribution is 0.0197. The molecule has 3 aromatic rings. The summed E-state index contributed by atoms with van der Waals surface area (Å²) in [6.45, 7) is 5.99. The molecule has 0 amide bonds. The van der Waals surface area contributed by atoms with Gasteiger partial charge in [-0.2, -0.15) is 0 Å². The predicted molar refractivity (Wildman–Crippen MR) is 119 cm³/mol. The van der Waals surface area contributed by atoms with E-state index in [-0.39, 0.29) is 12.7 Å². The molecule has 3 rings (SSSR count). The van der Waals surface area contributed by atoms with E-state index in [1.807, 2.05) is 68.4 Å². The summed E-state index contributed by atoms with van der Waals surface area (Å²) in [5.74, 6) is 2.27. The molecule has 0 saturated carbocycles. The molecule has 0 bridgehead atoms. The summed E-state index contributed by atoms with van der Waals surface area (Å²) in [7, 11) is 0. The molecule has 1 atom stereocenters. The van der Waals surface area contributed by atoms with E-state index in [0.717, 1.165) is 34.8 Å². The van der Waals surface area contributed by atoms with Crippen LogP contribution in [0.4, 0.5) is 0 Å². The Morgan fingerprint density at radius 1 is 1.00 bits per heavy atom. The van der Waals surface area contributed by atoms with Crippen molar-refractivity contribution in [1.29, 1.82) is 0 Å². The Balaban J connectivity index is 1.51. The first-order chi connectivity index (χ1) is 15.2. The lowest BCUT2D eigenvalue weighted by Gasteiger charge is -2.18. The Kier molecular flexibility index (Phi) is 9.09. The van der Waals surface area contributed by atoms with Gasteiger partial charge in [0.05, 0.1) is 31.6 Å². The maximum atomic E-state index is 8.82. The summed E-state index contributed by atoms with van der Waals surface area (Å²) < 4.78 is 22.9. The molecule has 2 aromatic carbocycles. The van der Waals surface area contributed by atoms with Gasteiger partial charge in [0, 0.05) is 31.6 Å². The van der Waals surface area contributed by atoms with E-state index in [1.54, 1.807) is 0 Å². The Bertz CT molecular complexity index is 892.